The molecule has 1 aliphatic rings. The zero-order valence-electron chi connectivity index (χ0n) is 11.7. The fraction of sp³-hybridized carbons (Fsp3) is 0.714. The van der Waals surface area contributed by atoms with Gasteiger partial charge in [-0.05, 0) is 44.1 Å². The van der Waals surface area contributed by atoms with E-state index in [1.165, 1.54) is 12.8 Å². The summed E-state index contributed by atoms with van der Waals surface area (Å²) in [7, 11) is 1.89. The first kappa shape index (κ1) is 14.1. The second-order valence-electron chi connectivity index (χ2n) is 5.44. The molecule has 5 heteroatoms. The smallest absolute Gasteiger partial charge is 0.220 e. The highest BCUT2D eigenvalue weighted by Gasteiger charge is 2.31. The van der Waals surface area contributed by atoms with Crippen molar-refractivity contribution in [3.05, 3.63) is 17.5 Å². The van der Waals surface area contributed by atoms with E-state index >= 15 is 0 Å². The predicted molar refractivity (Wildman–Crippen MR) is 72.6 cm³/mol. The van der Waals surface area contributed by atoms with Gasteiger partial charge in [0.2, 0.25) is 5.91 Å². The summed E-state index contributed by atoms with van der Waals surface area (Å²) in [6.45, 7) is 2.11. The number of aliphatic hydroxyl groups excluding tert-OH is 1. The minimum absolute atomic E-state index is 0.0774. The van der Waals surface area contributed by atoms with E-state index < -0.39 is 0 Å². The molecule has 2 rings (SSSR count). The lowest BCUT2D eigenvalue weighted by Gasteiger charge is -2.16. The van der Waals surface area contributed by atoms with Gasteiger partial charge < -0.3 is 10.4 Å². The average Bonchev–Trinajstić information content (AvgIpc) is 3.13. The molecule has 1 heterocycles. The Bertz CT molecular complexity index is 438. The molecule has 19 heavy (non-hydrogen) atoms. The summed E-state index contributed by atoms with van der Waals surface area (Å²) < 4.78 is 1.78. The molecule has 1 aliphatic carbocycles. The van der Waals surface area contributed by atoms with Gasteiger partial charge in [-0.1, -0.05) is 0 Å². The van der Waals surface area contributed by atoms with E-state index in [2.05, 4.69) is 10.4 Å². The van der Waals surface area contributed by atoms with E-state index in [-0.39, 0.29) is 18.6 Å². The van der Waals surface area contributed by atoms with Crippen molar-refractivity contribution in [1.29, 1.82) is 0 Å². The van der Waals surface area contributed by atoms with E-state index in [1.807, 2.05) is 20.2 Å². The van der Waals surface area contributed by atoms with Gasteiger partial charge in [0.05, 0.1) is 5.69 Å². The number of aromatic nitrogens is 2. The van der Waals surface area contributed by atoms with Crippen molar-refractivity contribution in [3.63, 3.8) is 0 Å². The summed E-state index contributed by atoms with van der Waals surface area (Å²) >= 11 is 0. The molecule has 1 unspecified atom stereocenters. The summed E-state index contributed by atoms with van der Waals surface area (Å²) in [5.41, 5.74) is 2.12. The molecule has 0 radical (unpaired) electrons. The van der Waals surface area contributed by atoms with Gasteiger partial charge >= 0.3 is 0 Å². The van der Waals surface area contributed by atoms with Crippen LogP contribution < -0.4 is 5.32 Å². The Morgan fingerprint density at radius 3 is 2.89 bits per heavy atom. The monoisotopic (exact) mass is 265 g/mol. The highest BCUT2D eigenvalue weighted by molar-refractivity contribution is 5.76. The van der Waals surface area contributed by atoms with Crippen LogP contribution in [0.2, 0.25) is 0 Å². The average molecular weight is 265 g/mol. The number of nitrogens with zero attached hydrogens (tertiary/aromatic N) is 2. The van der Waals surface area contributed by atoms with E-state index in [0.717, 1.165) is 17.7 Å². The molecule has 0 aromatic carbocycles. The van der Waals surface area contributed by atoms with Gasteiger partial charge in [0.1, 0.15) is 0 Å². The fourth-order valence-corrected chi connectivity index (χ4v) is 2.48. The number of aryl methyl sites for hydroxylation is 3. The molecule has 1 aromatic heterocycles. The van der Waals surface area contributed by atoms with Crippen LogP contribution in [0.4, 0.5) is 0 Å². The molecule has 0 aliphatic heterocycles. The van der Waals surface area contributed by atoms with Crippen molar-refractivity contribution in [2.75, 3.05) is 6.61 Å². The second-order valence-corrected chi connectivity index (χ2v) is 5.44. The molecule has 1 saturated carbocycles. The third-order valence-electron chi connectivity index (χ3n) is 3.71. The third-order valence-corrected chi connectivity index (χ3v) is 3.71. The third kappa shape index (κ3) is 4.06. The van der Waals surface area contributed by atoms with E-state index in [1.54, 1.807) is 4.68 Å². The number of aliphatic hydroxyl groups is 1. The van der Waals surface area contributed by atoms with Crippen LogP contribution >= 0.6 is 0 Å². The van der Waals surface area contributed by atoms with E-state index in [0.29, 0.717) is 18.8 Å². The topological polar surface area (TPSA) is 67.2 Å². The Hall–Kier alpha value is -1.36. The lowest BCUT2D eigenvalue weighted by atomic mass is 10.1. The number of hydrogen-bond donors (Lipinski definition) is 2. The van der Waals surface area contributed by atoms with Gasteiger partial charge in [0.25, 0.3) is 0 Å². The fourth-order valence-electron chi connectivity index (χ4n) is 2.48. The summed E-state index contributed by atoms with van der Waals surface area (Å²) in [5.74, 6) is 0.657. The number of hydrogen-bond acceptors (Lipinski definition) is 3. The van der Waals surface area contributed by atoms with Gasteiger partial charge in [-0.25, -0.2) is 0 Å². The molecule has 1 atom stereocenters. The number of amides is 1. The highest BCUT2D eigenvalue weighted by Crippen LogP contribution is 2.33. The van der Waals surface area contributed by atoms with Crippen LogP contribution in [0.15, 0.2) is 6.20 Å². The van der Waals surface area contributed by atoms with Gasteiger partial charge in [-0.2, -0.15) is 5.10 Å². The van der Waals surface area contributed by atoms with Crippen molar-refractivity contribution in [1.82, 2.24) is 15.1 Å². The normalized spacial score (nSPS) is 16.4. The van der Waals surface area contributed by atoms with Crippen molar-refractivity contribution < 1.29 is 9.90 Å². The second kappa shape index (κ2) is 6.19. The lowest BCUT2D eigenvalue weighted by Crippen LogP contribution is -2.37. The van der Waals surface area contributed by atoms with Gasteiger partial charge in [0, 0.05) is 32.3 Å². The minimum Gasteiger partial charge on any atom is -0.396 e. The summed E-state index contributed by atoms with van der Waals surface area (Å²) in [5, 5.41) is 16.3. The maximum atomic E-state index is 11.9. The molecule has 1 amide bonds. The van der Waals surface area contributed by atoms with Crippen LogP contribution in [-0.2, 0) is 18.3 Å². The Morgan fingerprint density at radius 1 is 1.63 bits per heavy atom. The SMILES string of the molecule is Cc1nn(C)cc1CCC(=O)NC(CCO)C1CC1. The largest absolute Gasteiger partial charge is 0.396 e. The van der Waals surface area contributed by atoms with Gasteiger partial charge in [-0.15, -0.1) is 0 Å². The van der Waals surface area contributed by atoms with Crippen molar-refractivity contribution in [3.8, 4) is 0 Å². The Morgan fingerprint density at radius 2 is 2.37 bits per heavy atom. The van der Waals surface area contributed by atoms with Crippen LogP contribution in [0.3, 0.4) is 0 Å². The first-order valence-electron chi connectivity index (χ1n) is 6.99. The van der Waals surface area contributed by atoms with Crippen LogP contribution in [0, 0.1) is 12.8 Å². The van der Waals surface area contributed by atoms with Crippen LogP contribution in [0.1, 0.15) is 36.9 Å². The maximum Gasteiger partial charge on any atom is 0.220 e. The van der Waals surface area contributed by atoms with E-state index in [4.69, 9.17) is 5.11 Å². The zero-order valence-corrected chi connectivity index (χ0v) is 11.7. The highest BCUT2D eigenvalue weighted by atomic mass is 16.3. The number of rotatable bonds is 7. The summed E-state index contributed by atoms with van der Waals surface area (Å²) in [6, 6.07) is 0.160. The molecule has 1 aromatic rings. The molecular formula is C14H23N3O2. The van der Waals surface area contributed by atoms with Gasteiger partial charge in [-0.3, -0.25) is 9.48 Å². The molecule has 0 bridgehead atoms. The molecule has 0 saturated heterocycles. The van der Waals surface area contributed by atoms with Crippen molar-refractivity contribution in [2.45, 2.75) is 45.1 Å². The quantitative estimate of drug-likeness (QED) is 0.771. The number of carbonyl (C=O) groups is 1. The van der Waals surface area contributed by atoms with Crippen molar-refractivity contribution in [2.24, 2.45) is 13.0 Å². The summed E-state index contributed by atoms with van der Waals surface area (Å²) in [6.07, 6.45) is 6.19. The standard InChI is InChI=1S/C14H23N3O2/c1-10-12(9-17(2)16-10)5-6-14(19)15-13(7-8-18)11-3-4-11/h9,11,13,18H,3-8H2,1-2H3,(H,15,19). The Kier molecular flexibility index (Phi) is 4.58. The molecule has 5 nitrogen and oxygen atoms in total. The zero-order chi connectivity index (χ0) is 13.8. The first-order chi connectivity index (χ1) is 9.10. The van der Waals surface area contributed by atoms with Crippen LogP contribution in [0.25, 0.3) is 0 Å². The summed E-state index contributed by atoms with van der Waals surface area (Å²) in [4.78, 5) is 11.9. The maximum absolute atomic E-state index is 11.9. The number of carbonyl (C=O) groups excluding carboxylic acids is 1. The Balaban J connectivity index is 1.79. The Labute approximate surface area is 114 Å². The number of nitrogens with one attached hydrogen (secondary N) is 1. The van der Waals surface area contributed by atoms with Crippen molar-refractivity contribution >= 4 is 5.91 Å². The molecule has 0 spiro atoms. The predicted octanol–water partition coefficient (Wildman–Crippen LogP) is 0.938. The van der Waals surface area contributed by atoms with Gasteiger partial charge in [0.15, 0.2) is 0 Å². The van der Waals surface area contributed by atoms with Crippen LogP contribution in [-0.4, -0.2) is 33.4 Å². The molecule has 1 fully saturated rings. The van der Waals surface area contributed by atoms with E-state index in [9.17, 15) is 4.79 Å². The lowest BCUT2D eigenvalue weighted by molar-refractivity contribution is -0.122. The molecule has 106 valence electrons. The van der Waals surface area contributed by atoms with Crippen LogP contribution in [0.5, 0.6) is 0 Å². The molecule has 2 N–H and O–H groups in total. The minimum atomic E-state index is 0.0774. The molecular weight excluding hydrogens is 242 g/mol. The first-order valence-corrected chi connectivity index (χ1v) is 6.99.